The topological polar surface area (TPSA) is 32.3 Å². The SMILES string of the molecule is O=C1CN(c2ccc(Cl)cc2)c2cccc(F)c2N1. The second kappa shape index (κ2) is 4.55. The molecule has 19 heavy (non-hydrogen) atoms. The van der Waals surface area contributed by atoms with Crippen LogP contribution < -0.4 is 10.2 Å². The molecule has 0 saturated heterocycles. The zero-order valence-corrected chi connectivity index (χ0v) is 10.6. The number of hydrogen-bond acceptors (Lipinski definition) is 2. The minimum atomic E-state index is -0.440. The third kappa shape index (κ3) is 2.15. The lowest BCUT2D eigenvalue weighted by atomic mass is 10.1. The number of halogens is 2. The molecule has 1 N–H and O–H groups in total. The van der Waals surface area contributed by atoms with Gasteiger partial charge in [0.05, 0.1) is 5.69 Å². The number of nitrogens with one attached hydrogen (secondary N) is 1. The highest BCUT2D eigenvalue weighted by molar-refractivity contribution is 6.30. The first-order chi connectivity index (χ1) is 9.15. The van der Waals surface area contributed by atoms with E-state index in [9.17, 15) is 9.18 Å². The summed E-state index contributed by atoms with van der Waals surface area (Å²) >= 11 is 5.85. The molecular formula is C14H10ClFN2O. The fourth-order valence-electron chi connectivity index (χ4n) is 2.12. The van der Waals surface area contributed by atoms with Crippen molar-refractivity contribution in [3.63, 3.8) is 0 Å². The van der Waals surface area contributed by atoms with Crippen molar-refractivity contribution < 1.29 is 9.18 Å². The van der Waals surface area contributed by atoms with Crippen LogP contribution in [0.15, 0.2) is 42.5 Å². The Morgan fingerprint density at radius 1 is 1.16 bits per heavy atom. The van der Waals surface area contributed by atoms with Crippen molar-refractivity contribution >= 4 is 34.6 Å². The van der Waals surface area contributed by atoms with Crippen LogP contribution in [0.3, 0.4) is 0 Å². The largest absolute Gasteiger partial charge is 0.330 e. The van der Waals surface area contributed by atoms with Crippen LogP contribution in [-0.2, 0) is 4.79 Å². The maximum absolute atomic E-state index is 13.7. The zero-order valence-electron chi connectivity index (χ0n) is 9.86. The van der Waals surface area contributed by atoms with Crippen molar-refractivity contribution in [1.82, 2.24) is 0 Å². The first kappa shape index (κ1) is 12.0. The first-order valence-electron chi connectivity index (χ1n) is 5.76. The maximum Gasteiger partial charge on any atom is 0.244 e. The van der Waals surface area contributed by atoms with Crippen LogP contribution in [0.2, 0.25) is 5.02 Å². The Balaban J connectivity index is 2.11. The molecule has 1 heterocycles. The molecule has 3 rings (SSSR count). The van der Waals surface area contributed by atoms with E-state index in [4.69, 9.17) is 11.6 Å². The highest BCUT2D eigenvalue weighted by Gasteiger charge is 2.25. The van der Waals surface area contributed by atoms with Gasteiger partial charge in [0.15, 0.2) is 0 Å². The van der Waals surface area contributed by atoms with Gasteiger partial charge < -0.3 is 10.2 Å². The van der Waals surface area contributed by atoms with Gasteiger partial charge in [-0.2, -0.15) is 0 Å². The van der Waals surface area contributed by atoms with E-state index in [-0.39, 0.29) is 18.1 Å². The van der Waals surface area contributed by atoms with Gasteiger partial charge in [-0.3, -0.25) is 4.79 Å². The lowest BCUT2D eigenvalue weighted by molar-refractivity contribution is -0.115. The summed E-state index contributed by atoms with van der Waals surface area (Å²) in [6, 6.07) is 11.8. The number of fused-ring (bicyclic) bond motifs is 1. The first-order valence-corrected chi connectivity index (χ1v) is 6.14. The summed E-state index contributed by atoms with van der Waals surface area (Å²) in [6.45, 7) is 0.151. The summed E-state index contributed by atoms with van der Waals surface area (Å²) < 4.78 is 13.7. The van der Waals surface area contributed by atoms with Gasteiger partial charge in [0.1, 0.15) is 18.0 Å². The third-order valence-corrected chi connectivity index (χ3v) is 3.24. The van der Waals surface area contributed by atoms with Gasteiger partial charge in [0.2, 0.25) is 5.91 Å². The Hall–Kier alpha value is -2.07. The molecule has 1 aliphatic heterocycles. The number of nitrogens with zero attached hydrogens (tertiary/aromatic N) is 1. The second-order valence-corrected chi connectivity index (χ2v) is 4.68. The molecule has 5 heteroatoms. The molecule has 0 saturated carbocycles. The molecule has 96 valence electrons. The molecule has 2 aromatic rings. The fourth-order valence-corrected chi connectivity index (χ4v) is 2.25. The Morgan fingerprint density at radius 3 is 2.63 bits per heavy atom. The smallest absolute Gasteiger partial charge is 0.244 e. The van der Waals surface area contributed by atoms with Crippen molar-refractivity contribution in [1.29, 1.82) is 0 Å². The van der Waals surface area contributed by atoms with Gasteiger partial charge in [-0.05, 0) is 36.4 Å². The van der Waals surface area contributed by atoms with Gasteiger partial charge in [0.25, 0.3) is 0 Å². The monoisotopic (exact) mass is 276 g/mol. The van der Waals surface area contributed by atoms with E-state index in [0.717, 1.165) is 5.69 Å². The van der Waals surface area contributed by atoms with Gasteiger partial charge in [-0.25, -0.2) is 4.39 Å². The number of hydrogen-bond donors (Lipinski definition) is 1. The fraction of sp³-hybridized carbons (Fsp3) is 0.0714. The van der Waals surface area contributed by atoms with E-state index in [1.54, 1.807) is 41.3 Å². The minimum Gasteiger partial charge on any atom is -0.330 e. The van der Waals surface area contributed by atoms with Gasteiger partial charge >= 0.3 is 0 Å². The van der Waals surface area contributed by atoms with E-state index >= 15 is 0 Å². The van der Waals surface area contributed by atoms with E-state index < -0.39 is 5.82 Å². The molecule has 1 aliphatic rings. The average Bonchev–Trinajstić information content (AvgIpc) is 2.40. The average molecular weight is 277 g/mol. The number of amides is 1. The summed E-state index contributed by atoms with van der Waals surface area (Å²) in [5, 5.41) is 3.17. The Morgan fingerprint density at radius 2 is 1.89 bits per heavy atom. The summed E-state index contributed by atoms with van der Waals surface area (Å²) in [4.78, 5) is 13.4. The quantitative estimate of drug-likeness (QED) is 0.864. The number of benzene rings is 2. The van der Waals surface area contributed by atoms with E-state index in [1.165, 1.54) is 6.07 Å². The molecule has 0 bridgehead atoms. The van der Waals surface area contributed by atoms with Crippen LogP contribution in [0.25, 0.3) is 0 Å². The van der Waals surface area contributed by atoms with Crippen LogP contribution >= 0.6 is 11.6 Å². The molecule has 0 aromatic heterocycles. The summed E-state index contributed by atoms with van der Waals surface area (Å²) in [5.41, 5.74) is 1.65. The molecule has 3 nitrogen and oxygen atoms in total. The van der Waals surface area contributed by atoms with Crippen molar-refractivity contribution in [2.75, 3.05) is 16.8 Å². The van der Waals surface area contributed by atoms with E-state index in [1.807, 2.05) is 0 Å². The van der Waals surface area contributed by atoms with E-state index in [0.29, 0.717) is 10.7 Å². The molecule has 0 radical (unpaired) electrons. The predicted molar refractivity (Wildman–Crippen MR) is 73.5 cm³/mol. The lowest BCUT2D eigenvalue weighted by Gasteiger charge is -2.31. The molecule has 2 aromatic carbocycles. The van der Waals surface area contributed by atoms with Crippen molar-refractivity contribution in [3.05, 3.63) is 53.3 Å². The van der Waals surface area contributed by atoms with Crippen molar-refractivity contribution in [2.45, 2.75) is 0 Å². The molecule has 0 unspecified atom stereocenters. The van der Waals surface area contributed by atoms with Gasteiger partial charge in [-0.1, -0.05) is 17.7 Å². The normalized spacial score (nSPS) is 14.0. The number of carbonyl (C=O) groups excluding carboxylic acids is 1. The molecule has 0 spiro atoms. The Labute approximate surface area is 114 Å². The number of anilines is 3. The number of rotatable bonds is 1. The second-order valence-electron chi connectivity index (χ2n) is 4.24. The predicted octanol–water partition coefficient (Wildman–Crippen LogP) is 3.57. The number of carbonyl (C=O) groups is 1. The Kier molecular flexibility index (Phi) is 2.87. The van der Waals surface area contributed by atoms with Crippen LogP contribution in [0, 0.1) is 5.82 Å². The van der Waals surface area contributed by atoms with E-state index in [2.05, 4.69) is 5.32 Å². The zero-order chi connectivity index (χ0) is 13.4. The maximum atomic E-state index is 13.7. The van der Waals surface area contributed by atoms with Gasteiger partial charge in [0, 0.05) is 10.7 Å². The number of para-hydroxylation sites is 1. The highest BCUT2D eigenvalue weighted by Crippen LogP contribution is 2.36. The minimum absolute atomic E-state index is 0.151. The van der Waals surface area contributed by atoms with Crippen LogP contribution in [-0.4, -0.2) is 12.5 Å². The molecule has 0 aliphatic carbocycles. The van der Waals surface area contributed by atoms with Crippen molar-refractivity contribution in [3.8, 4) is 0 Å². The molecular weight excluding hydrogens is 267 g/mol. The van der Waals surface area contributed by atoms with Gasteiger partial charge in [-0.15, -0.1) is 0 Å². The van der Waals surface area contributed by atoms with Crippen LogP contribution in [0.5, 0.6) is 0 Å². The standard InChI is InChI=1S/C14H10ClFN2O/c15-9-4-6-10(7-5-9)18-8-13(19)17-14-11(16)2-1-3-12(14)18/h1-7H,8H2,(H,17,19). The summed E-state index contributed by atoms with van der Waals surface area (Å²) in [7, 11) is 0. The summed E-state index contributed by atoms with van der Waals surface area (Å²) in [6.07, 6.45) is 0. The molecule has 0 fully saturated rings. The third-order valence-electron chi connectivity index (χ3n) is 2.99. The van der Waals surface area contributed by atoms with Crippen molar-refractivity contribution in [2.24, 2.45) is 0 Å². The van der Waals surface area contributed by atoms with Crippen LogP contribution in [0.1, 0.15) is 0 Å². The molecule has 0 atom stereocenters. The lowest BCUT2D eigenvalue weighted by Crippen LogP contribution is -2.35. The molecule has 1 amide bonds. The summed E-state index contributed by atoms with van der Waals surface area (Å²) in [5.74, 6) is -0.683. The highest BCUT2D eigenvalue weighted by atomic mass is 35.5. The Bertz CT molecular complexity index is 642. The van der Waals surface area contributed by atoms with Crippen LogP contribution in [0.4, 0.5) is 21.5 Å².